The van der Waals surface area contributed by atoms with Crippen LogP contribution in [0.25, 0.3) is 5.69 Å². The number of hydrogen-bond acceptors (Lipinski definition) is 4. The Morgan fingerprint density at radius 2 is 2.10 bits per heavy atom. The molecule has 1 heterocycles. The van der Waals surface area contributed by atoms with E-state index in [9.17, 15) is 9.90 Å². The number of nitrogens with zero attached hydrogens (tertiary/aromatic N) is 2. The zero-order valence-electron chi connectivity index (χ0n) is 11.2. The monoisotopic (exact) mass is 275 g/mol. The highest BCUT2D eigenvalue weighted by atomic mass is 16.3. The second kappa shape index (κ2) is 5.85. The second-order valence-electron chi connectivity index (χ2n) is 4.85. The summed E-state index contributed by atoms with van der Waals surface area (Å²) in [5, 5.41) is 25.2. The number of benzene rings is 1. The van der Waals surface area contributed by atoms with E-state index in [-0.39, 0.29) is 12.5 Å². The fourth-order valence-electron chi connectivity index (χ4n) is 1.59. The van der Waals surface area contributed by atoms with E-state index >= 15 is 0 Å². The molecule has 1 unspecified atom stereocenters. The molecule has 0 aliphatic carbocycles. The first-order valence-corrected chi connectivity index (χ1v) is 6.23. The Morgan fingerprint density at radius 3 is 2.75 bits per heavy atom. The molecule has 1 amide bonds. The molecule has 0 radical (unpaired) electrons. The number of amides is 1. The summed E-state index contributed by atoms with van der Waals surface area (Å²) in [6.45, 7) is 0.996. The van der Waals surface area contributed by atoms with Crippen molar-refractivity contribution >= 4 is 5.91 Å². The van der Waals surface area contributed by atoms with Gasteiger partial charge in [-0.05, 0) is 19.1 Å². The number of carbonyl (C=O) groups is 1. The van der Waals surface area contributed by atoms with E-state index < -0.39 is 12.2 Å². The highest BCUT2D eigenvalue weighted by Crippen LogP contribution is 2.08. The number of aromatic nitrogens is 2. The number of rotatable bonds is 5. The normalized spacial score (nSPS) is 13.8. The lowest BCUT2D eigenvalue weighted by molar-refractivity contribution is 0.00320. The lowest BCUT2D eigenvalue weighted by Gasteiger charge is -2.20. The van der Waals surface area contributed by atoms with Gasteiger partial charge in [0.2, 0.25) is 0 Å². The Morgan fingerprint density at radius 1 is 1.40 bits per heavy atom. The number of aliphatic hydroxyl groups is 2. The fraction of sp³-hybridized carbons (Fsp3) is 0.286. The Kier molecular flexibility index (Phi) is 4.16. The van der Waals surface area contributed by atoms with Gasteiger partial charge in [-0.25, -0.2) is 4.68 Å². The molecule has 6 heteroatoms. The molecular formula is C14H17N3O3. The number of aliphatic hydroxyl groups excluding tert-OH is 1. The molecule has 0 aliphatic heterocycles. The van der Waals surface area contributed by atoms with Gasteiger partial charge in [0.15, 0.2) is 0 Å². The molecule has 0 saturated heterocycles. The van der Waals surface area contributed by atoms with Crippen LogP contribution in [0, 0.1) is 0 Å². The summed E-state index contributed by atoms with van der Waals surface area (Å²) in [6.07, 6.45) is 3.06. The maximum Gasteiger partial charge on any atom is 0.254 e. The Bertz CT molecular complexity index is 578. The van der Waals surface area contributed by atoms with Gasteiger partial charge < -0.3 is 15.5 Å². The first-order chi connectivity index (χ1) is 9.52. The summed E-state index contributed by atoms with van der Waals surface area (Å²) < 4.78 is 1.60. The average molecular weight is 275 g/mol. The van der Waals surface area contributed by atoms with Gasteiger partial charge in [-0.3, -0.25) is 4.79 Å². The van der Waals surface area contributed by atoms with Crippen molar-refractivity contribution in [1.82, 2.24) is 15.1 Å². The summed E-state index contributed by atoms with van der Waals surface area (Å²) in [7, 11) is 0. The highest BCUT2D eigenvalue weighted by molar-refractivity contribution is 5.93. The molecule has 3 N–H and O–H groups in total. The van der Waals surface area contributed by atoms with Gasteiger partial charge >= 0.3 is 0 Å². The third-order valence-corrected chi connectivity index (χ3v) is 2.84. The molecule has 0 spiro atoms. The molecular weight excluding hydrogens is 258 g/mol. The van der Waals surface area contributed by atoms with Crippen molar-refractivity contribution in [2.75, 3.05) is 13.2 Å². The topological polar surface area (TPSA) is 87.4 Å². The van der Waals surface area contributed by atoms with E-state index in [0.29, 0.717) is 5.56 Å². The number of para-hydroxylation sites is 1. The Labute approximate surface area is 116 Å². The van der Waals surface area contributed by atoms with Crippen LogP contribution in [-0.2, 0) is 0 Å². The molecule has 6 nitrogen and oxygen atoms in total. The van der Waals surface area contributed by atoms with Crippen LogP contribution in [0.4, 0.5) is 0 Å². The molecule has 1 atom stereocenters. The average Bonchev–Trinajstić information content (AvgIpc) is 2.96. The molecule has 0 aliphatic rings. The molecule has 0 bridgehead atoms. The van der Waals surface area contributed by atoms with Crippen LogP contribution < -0.4 is 5.32 Å². The Hall–Kier alpha value is -2.18. The van der Waals surface area contributed by atoms with Crippen LogP contribution in [-0.4, -0.2) is 44.7 Å². The van der Waals surface area contributed by atoms with Gasteiger partial charge in [0.25, 0.3) is 5.91 Å². The molecule has 1 aromatic carbocycles. The third kappa shape index (κ3) is 3.43. The highest BCUT2D eigenvalue weighted by Gasteiger charge is 2.20. The summed E-state index contributed by atoms with van der Waals surface area (Å²) in [5.41, 5.74) is -0.0815. The van der Waals surface area contributed by atoms with Crippen LogP contribution in [0.5, 0.6) is 0 Å². The third-order valence-electron chi connectivity index (χ3n) is 2.84. The largest absolute Gasteiger partial charge is 0.393 e. The van der Waals surface area contributed by atoms with Crippen LogP contribution in [0.3, 0.4) is 0 Å². The van der Waals surface area contributed by atoms with Crippen LogP contribution in [0.15, 0.2) is 42.7 Å². The van der Waals surface area contributed by atoms with E-state index in [2.05, 4.69) is 10.4 Å². The van der Waals surface area contributed by atoms with E-state index in [1.807, 2.05) is 30.3 Å². The molecule has 2 aromatic rings. The van der Waals surface area contributed by atoms with Crippen LogP contribution in [0.2, 0.25) is 0 Å². The van der Waals surface area contributed by atoms with Gasteiger partial charge in [-0.2, -0.15) is 5.10 Å². The van der Waals surface area contributed by atoms with Gasteiger partial charge in [-0.1, -0.05) is 18.2 Å². The van der Waals surface area contributed by atoms with E-state index in [1.165, 1.54) is 13.1 Å². The van der Waals surface area contributed by atoms with Gasteiger partial charge in [0.05, 0.1) is 24.1 Å². The molecule has 1 aromatic heterocycles. The molecule has 20 heavy (non-hydrogen) atoms. The standard InChI is InChI=1S/C14H17N3O3/c1-14(20,10-18)9-15-13(19)11-7-16-17(8-11)12-5-3-2-4-6-12/h2-8,18,20H,9-10H2,1H3,(H,15,19). The van der Waals surface area contributed by atoms with Crippen molar-refractivity contribution in [2.45, 2.75) is 12.5 Å². The van der Waals surface area contributed by atoms with E-state index in [0.717, 1.165) is 5.69 Å². The first-order valence-electron chi connectivity index (χ1n) is 6.23. The molecule has 0 saturated carbocycles. The maximum atomic E-state index is 11.9. The van der Waals surface area contributed by atoms with E-state index in [1.54, 1.807) is 10.9 Å². The lowest BCUT2D eigenvalue weighted by Crippen LogP contribution is -2.43. The smallest absolute Gasteiger partial charge is 0.254 e. The second-order valence-corrected chi connectivity index (χ2v) is 4.85. The first kappa shape index (κ1) is 14.2. The minimum absolute atomic E-state index is 0.0289. The van der Waals surface area contributed by atoms with Crippen molar-refractivity contribution in [1.29, 1.82) is 0 Å². The Balaban J connectivity index is 2.04. The van der Waals surface area contributed by atoms with E-state index in [4.69, 9.17) is 5.11 Å². The summed E-state index contributed by atoms with van der Waals surface area (Å²) in [4.78, 5) is 11.9. The van der Waals surface area contributed by atoms with Crippen LogP contribution >= 0.6 is 0 Å². The lowest BCUT2D eigenvalue weighted by atomic mass is 10.1. The number of nitrogens with one attached hydrogen (secondary N) is 1. The maximum absolute atomic E-state index is 11.9. The summed E-state index contributed by atoms with van der Waals surface area (Å²) in [6, 6.07) is 9.43. The van der Waals surface area contributed by atoms with Gasteiger partial charge in [0, 0.05) is 12.7 Å². The van der Waals surface area contributed by atoms with Crippen molar-refractivity contribution in [3.63, 3.8) is 0 Å². The summed E-state index contributed by atoms with van der Waals surface area (Å²) in [5.74, 6) is -0.346. The van der Waals surface area contributed by atoms with Gasteiger partial charge in [0.1, 0.15) is 5.60 Å². The molecule has 2 rings (SSSR count). The van der Waals surface area contributed by atoms with Crippen molar-refractivity contribution < 1.29 is 15.0 Å². The zero-order valence-corrected chi connectivity index (χ0v) is 11.2. The predicted octanol–water partition coefficient (Wildman–Crippen LogP) is 0.345. The van der Waals surface area contributed by atoms with Gasteiger partial charge in [-0.15, -0.1) is 0 Å². The fourth-order valence-corrected chi connectivity index (χ4v) is 1.59. The number of hydrogen-bond donors (Lipinski definition) is 3. The zero-order chi connectivity index (χ0) is 14.6. The number of carbonyl (C=O) groups excluding carboxylic acids is 1. The SMILES string of the molecule is CC(O)(CO)CNC(=O)c1cnn(-c2ccccc2)c1. The molecule has 106 valence electrons. The summed E-state index contributed by atoms with van der Waals surface area (Å²) >= 11 is 0. The van der Waals surface area contributed by atoms with Crippen LogP contribution in [0.1, 0.15) is 17.3 Å². The quantitative estimate of drug-likeness (QED) is 0.734. The van der Waals surface area contributed by atoms with Crippen molar-refractivity contribution in [3.05, 3.63) is 48.3 Å². The minimum atomic E-state index is -1.33. The molecule has 0 fully saturated rings. The predicted molar refractivity (Wildman–Crippen MR) is 73.6 cm³/mol. The van der Waals surface area contributed by atoms with Crippen molar-refractivity contribution in [3.8, 4) is 5.69 Å². The minimum Gasteiger partial charge on any atom is -0.393 e. The van der Waals surface area contributed by atoms with Crippen molar-refractivity contribution in [2.24, 2.45) is 0 Å².